The quantitative estimate of drug-likeness (QED) is 0.792. The standard InChI is InChI=1S/C11H17F3N2O2/c1-10(2,3)9(11(12,13)14)16-8(18)6-4-5-7(17)15-6/h6,9H,4-5H2,1-3H3,(H,15,17)(H,16,18)/t6-,9+/m1/s1. The van der Waals surface area contributed by atoms with Crippen LogP contribution in [0.3, 0.4) is 0 Å². The summed E-state index contributed by atoms with van der Waals surface area (Å²) in [4.78, 5) is 22.6. The fourth-order valence-electron chi connectivity index (χ4n) is 1.84. The second-order valence-corrected chi connectivity index (χ2v) is 5.51. The lowest BCUT2D eigenvalue weighted by atomic mass is 9.86. The van der Waals surface area contributed by atoms with Crippen molar-refractivity contribution in [2.24, 2.45) is 5.41 Å². The van der Waals surface area contributed by atoms with Crippen molar-refractivity contribution >= 4 is 11.8 Å². The first-order chi connectivity index (χ1) is 8.01. The Labute approximate surface area is 103 Å². The van der Waals surface area contributed by atoms with Crippen LogP contribution in [0.15, 0.2) is 0 Å². The Balaban J connectivity index is 2.73. The molecule has 1 heterocycles. The molecule has 104 valence electrons. The maximum atomic E-state index is 12.8. The molecule has 2 atom stereocenters. The van der Waals surface area contributed by atoms with Gasteiger partial charge in [-0.1, -0.05) is 20.8 Å². The van der Waals surface area contributed by atoms with Crippen molar-refractivity contribution in [3.63, 3.8) is 0 Å². The van der Waals surface area contributed by atoms with E-state index in [-0.39, 0.29) is 18.7 Å². The van der Waals surface area contributed by atoms with Crippen molar-refractivity contribution in [1.82, 2.24) is 10.6 Å². The maximum Gasteiger partial charge on any atom is 0.409 e. The lowest BCUT2D eigenvalue weighted by molar-refractivity contribution is -0.181. The lowest BCUT2D eigenvalue weighted by Crippen LogP contribution is -2.56. The Bertz CT molecular complexity index is 333. The van der Waals surface area contributed by atoms with Gasteiger partial charge in [0, 0.05) is 6.42 Å². The Morgan fingerprint density at radius 1 is 1.39 bits per heavy atom. The summed E-state index contributed by atoms with van der Waals surface area (Å²) >= 11 is 0. The number of alkyl halides is 3. The SMILES string of the molecule is CC(C)(C)[C@H](NC(=O)[C@H]1CCC(=O)N1)C(F)(F)F. The number of halogens is 3. The van der Waals surface area contributed by atoms with Gasteiger partial charge in [-0.3, -0.25) is 9.59 Å². The third kappa shape index (κ3) is 3.61. The molecule has 0 aromatic rings. The minimum atomic E-state index is -4.52. The van der Waals surface area contributed by atoms with E-state index >= 15 is 0 Å². The Morgan fingerprint density at radius 3 is 2.28 bits per heavy atom. The molecule has 0 saturated carbocycles. The van der Waals surface area contributed by atoms with E-state index in [1.807, 2.05) is 5.32 Å². The maximum absolute atomic E-state index is 12.8. The molecule has 18 heavy (non-hydrogen) atoms. The highest BCUT2D eigenvalue weighted by molar-refractivity contribution is 5.90. The van der Waals surface area contributed by atoms with Gasteiger partial charge in [0.05, 0.1) is 0 Å². The first-order valence-electron chi connectivity index (χ1n) is 5.68. The van der Waals surface area contributed by atoms with E-state index in [4.69, 9.17) is 0 Å². The summed E-state index contributed by atoms with van der Waals surface area (Å²) in [5.41, 5.74) is -1.14. The van der Waals surface area contributed by atoms with E-state index in [2.05, 4.69) is 5.32 Å². The Hall–Kier alpha value is -1.27. The van der Waals surface area contributed by atoms with E-state index in [9.17, 15) is 22.8 Å². The van der Waals surface area contributed by atoms with Gasteiger partial charge >= 0.3 is 6.18 Å². The minimum absolute atomic E-state index is 0.171. The lowest BCUT2D eigenvalue weighted by Gasteiger charge is -2.33. The van der Waals surface area contributed by atoms with E-state index in [1.54, 1.807) is 0 Å². The van der Waals surface area contributed by atoms with E-state index in [0.717, 1.165) is 0 Å². The van der Waals surface area contributed by atoms with Crippen molar-refractivity contribution in [3.05, 3.63) is 0 Å². The van der Waals surface area contributed by atoms with Gasteiger partial charge in [0.25, 0.3) is 0 Å². The van der Waals surface area contributed by atoms with Gasteiger partial charge in [0.15, 0.2) is 0 Å². The predicted octanol–water partition coefficient (Wildman–Crippen LogP) is 1.36. The summed E-state index contributed by atoms with van der Waals surface area (Å²) in [6, 6.07) is -2.79. The summed E-state index contributed by atoms with van der Waals surface area (Å²) in [6.45, 7) is 4.20. The number of hydrogen-bond acceptors (Lipinski definition) is 2. The molecule has 7 heteroatoms. The largest absolute Gasteiger partial charge is 0.409 e. The molecular formula is C11H17F3N2O2. The molecule has 0 radical (unpaired) electrons. The van der Waals surface area contributed by atoms with E-state index in [1.165, 1.54) is 20.8 Å². The zero-order valence-electron chi connectivity index (χ0n) is 10.5. The second-order valence-electron chi connectivity index (χ2n) is 5.51. The van der Waals surface area contributed by atoms with E-state index < -0.39 is 29.6 Å². The fourth-order valence-corrected chi connectivity index (χ4v) is 1.84. The van der Waals surface area contributed by atoms with Crippen LogP contribution < -0.4 is 10.6 Å². The molecule has 0 unspecified atom stereocenters. The third-order valence-corrected chi connectivity index (χ3v) is 2.79. The van der Waals surface area contributed by atoms with Gasteiger partial charge in [-0.2, -0.15) is 13.2 Å². The van der Waals surface area contributed by atoms with Crippen molar-refractivity contribution in [1.29, 1.82) is 0 Å². The fraction of sp³-hybridized carbons (Fsp3) is 0.818. The van der Waals surface area contributed by atoms with Crippen LogP contribution in [-0.2, 0) is 9.59 Å². The smallest absolute Gasteiger partial charge is 0.344 e. The Kier molecular flexibility index (Phi) is 3.92. The molecule has 0 bridgehead atoms. The molecule has 1 saturated heterocycles. The molecule has 1 rings (SSSR count). The molecule has 1 aliphatic heterocycles. The van der Waals surface area contributed by atoms with Crippen LogP contribution in [0, 0.1) is 5.41 Å². The summed E-state index contributed by atoms with van der Waals surface area (Å²) in [7, 11) is 0. The van der Waals surface area contributed by atoms with Gasteiger partial charge in [0.1, 0.15) is 12.1 Å². The number of rotatable bonds is 2. The number of carbonyl (C=O) groups excluding carboxylic acids is 2. The van der Waals surface area contributed by atoms with Crippen molar-refractivity contribution in [2.45, 2.75) is 51.9 Å². The second kappa shape index (κ2) is 4.78. The Morgan fingerprint density at radius 2 is 1.94 bits per heavy atom. The van der Waals surface area contributed by atoms with Crippen molar-refractivity contribution in [3.8, 4) is 0 Å². The van der Waals surface area contributed by atoms with Crippen LogP contribution >= 0.6 is 0 Å². The summed E-state index contributed by atoms with van der Waals surface area (Å²) in [5.74, 6) is -1.09. The van der Waals surface area contributed by atoms with Crippen molar-refractivity contribution < 1.29 is 22.8 Å². The topological polar surface area (TPSA) is 58.2 Å². The minimum Gasteiger partial charge on any atom is -0.344 e. The molecular weight excluding hydrogens is 249 g/mol. The van der Waals surface area contributed by atoms with Crippen LogP contribution in [0.4, 0.5) is 13.2 Å². The molecule has 2 N–H and O–H groups in total. The van der Waals surface area contributed by atoms with Crippen LogP contribution in [0.5, 0.6) is 0 Å². The monoisotopic (exact) mass is 266 g/mol. The van der Waals surface area contributed by atoms with Crippen LogP contribution in [0.2, 0.25) is 0 Å². The van der Waals surface area contributed by atoms with Gasteiger partial charge in [-0.05, 0) is 11.8 Å². The van der Waals surface area contributed by atoms with Gasteiger partial charge in [-0.15, -0.1) is 0 Å². The van der Waals surface area contributed by atoms with Crippen LogP contribution in [0.1, 0.15) is 33.6 Å². The average molecular weight is 266 g/mol. The van der Waals surface area contributed by atoms with Crippen molar-refractivity contribution in [2.75, 3.05) is 0 Å². The molecule has 0 spiro atoms. The first kappa shape index (κ1) is 14.8. The normalized spacial score (nSPS) is 22.6. The molecule has 0 aromatic carbocycles. The summed E-state index contributed by atoms with van der Waals surface area (Å²) in [5, 5.41) is 4.32. The van der Waals surface area contributed by atoms with E-state index in [0.29, 0.717) is 0 Å². The highest BCUT2D eigenvalue weighted by Crippen LogP contribution is 2.33. The molecule has 1 aliphatic rings. The number of carbonyl (C=O) groups is 2. The molecule has 4 nitrogen and oxygen atoms in total. The molecule has 0 aliphatic carbocycles. The zero-order valence-corrected chi connectivity index (χ0v) is 10.5. The van der Waals surface area contributed by atoms with Crippen LogP contribution in [0.25, 0.3) is 0 Å². The first-order valence-corrected chi connectivity index (χ1v) is 5.68. The summed E-state index contributed by atoms with van der Waals surface area (Å²) in [6.07, 6.45) is -4.11. The highest BCUT2D eigenvalue weighted by Gasteiger charge is 2.48. The zero-order chi connectivity index (χ0) is 14.1. The van der Waals surface area contributed by atoms with Gasteiger partial charge in [-0.25, -0.2) is 0 Å². The third-order valence-electron chi connectivity index (χ3n) is 2.79. The average Bonchev–Trinajstić information content (AvgIpc) is 2.57. The predicted molar refractivity (Wildman–Crippen MR) is 58.6 cm³/mol. The molecule has 1 fully saturated rings. The highest BCUT2D eigenvalue weighted by atomic mass is 19.4. The summed E-state index contributed by atoms with van der Waals surface area (Å²) < 4.78 is 38.5. The van der Waals surface area contributed by atoms with Crippen LogP contribution in [-0.4, -0.2) is 30.1 Å². The number of nitrogens with one attached hydrogen (secondary N) is 2. The molecule has 2 amide bonds. The van der Waals surface area contributed by atoms with Gasteiger partial charge in [0.2, 0.25) is 11.8 Å². The number of amides is 2. The van der Waals surface area contributed by atoms with Gasteiger partial charge < -0.3 is 10.6 Å². The number of hydrogen-bond donors (Lipinski definition) is 2. The molecule has 0 aromatic heterocycles.